The van der Waals surface area contributed by atoms with Gasteiger partial charge in [0, 0.05) is 6.20 Å². The Balaban J connectivity index is 1.97. The molecule has 0 bridgehead atoms. The van der Waals surface area contributed by atoms with Gasteiger partial charge in [0.15, 0.2) is 0 Å². The maximum absolute atomic E-state index is 4.35. The minimum atomic E-state index is 0.844. The van der Waals surface area contributed by atoms with E-state index in [4.69, 9.17) is 0 Å². The summed E-state index contributed by atoms with van der Waals surface area (Å²) in [5.74, 6) is 1.78. The number of hydrogen-bond acceptors (Lipinski definition) is 1. The molecule has 16 heavy (non-hydrogen) atoms. The molecule has 0 N–H and O–H groups in total. The molecule has 0 aromatic carbocycles. The van der Waals surface area contributed by atoms with Crippen LogP contribution in [-0.2, 0) is 0 Å². The number of aromatic nitrogens is 1. The summed E-state index contributed by atoms with van der Waals surface area (Å²) in [6, 6.07) is 6.11. The molecule has 86 valence electrons. The Bertz CT molecular complexity index is 341. The monoisotopic (exact) mass is 215 g/mol. The second kappa shape index (κ2) is 5.29. The molecule has 1 fully saturated rings. The molecule has 2 rings (SSSR count). The van der Waals surface area contributed by atoms with Crippen LogP contribution in [0.3, 0.4) is 0 Å². The van der Waals surface area contributed by atoms with Crippen LogP contribution in [0.1, 0.15) is 45.2 Å². The Hall–Kier alpha value is -1.11. The second-order valence-electron chi connectivity index (χ2n) is 5.14. The standard InChI is InChI=1S/C15H21N/c1-12(2)14-8-6-13(7-9-14)11-15-5-3-4-10-16-15/h3-5,10-12,14H,6-9H2,1-2H3. The van der Waals surface area contributed by atoms with Gasteiger partial charge < -0.3 is 0 Å². The molecule has 0 atom stereocenters. The van der Waals surface area contributed by atoms with Gasteiger partial charge in [-0.05, 0) is 55.7 Å². The van der Waals surface area contributed by atoms with E-state index >= 15 is 0 Å². The van der Waals surface area contributed by atoms with Gasteiger partial charge >= 0.3 is 0 Å². The second-order valence-corrected chi connectivity index (χ2v) is 5.14. The van der Waals surface area contributed by atoms with Crippen molar-refractivity contribution >= 4 is 6.08 Å². The highest BCUT2D eigenvalue weighted by Crippen LogP contribution is 2.33. The summed E-state index contributed by atoms with van der Waals surface area (Å²) in [5.41, 5.74) is 2.69. The van der Waals surface area contributed by atoms with E-state index in [9.17, 15) is 0 Å². The fourth-order valence-electron chi connectivity index (χ4n) is 2.49. The van der Waals surface area contributed by atoms with Gasteiger partial charge in [-0.3, -0.25) is 4.98 Å². The van der Waals surface area contributed by atoms with Crippen molar-refractivity contribution in [2.45, 2.75) is 39.5 Å². The lowest BCUT2D eigenvalue weighted by Crippen LogP contribution is -2.13. The first-order chi connectivity index (χ1) is 7.75. The number of hydrogen-bond donors (Lipinski definition) is 0. The zero-order valence-electron chi connectivity index (χ0n) is 10.3. The van der Waals surface area contributed by atoms with Crippen LogP contribution in [0.5, 0.6) is 0 Å². The lowest BCUT2D eigenvalue weighted by atomic mass is 9.79. The van der Waals surface area contributed by atoms with Crippen LogP contribution >= 0.6 is 0 Å². The summed E-state index contributed by atoms with van der Waals surface area (Å²) in [5, 5.41) is 0. The van der Waals surface area contributed by atoms with Gasteiger partial charge in [0.2, 0.25) is 0 Å². The Morgan fingerprint density at radius 2 is 2.00 bits per heavy atom. The van der Waals surface area contributed by atoms with Crippen molar-refractivity contribution in [3.8, 4) is 0 Å². The minimum Gasteiger partial charge on any atom is -0.257 e. The fourth-order valence-corrected chi connectivity index (χ4v) is 2.49. The fraction of sp³-hybridized carbons (Fsp3) is 0.533. The predicted octanol–water partition coefficient (Wildman–Crippen LogP) is 4.31. The van der Waals surface area contributed by atoms with Gasteiger partial charge in [-0.15, -0.1) is 0 Å². The molecule has 0 amide bonds. The van der Waals surface area contributed by atoms with Gasteiger partial charge in [0.05, 0.1) is 5.69 Å². The Kier molecular flexibility index (Phi) is 3.76. The average Bonchev–Trinajstić information content (AvgIpc) is 2.31. The number of nitrogens with zero attached hydrogens (tertiary/aromatic N) is 1. The third-order valence-electron chi connectivity index (χ3n) is 3.66. The molecule has 1 aromatic heterocycles. The number of pyridine rings is 1. The van der Waals surface area contributed by atoms with Gasteiger partial charge in [-0.2, -0.15) is 0 Å². The van der Waals surface area contributed by atoms with Crippen molar-refractivity contribution < 1.29 is 0 Å². The predicted molar refractivity (Wildman–Crippen MR) is 69.0 cm³/mol. The van der Waals surface area contributed by atoms with Gasteiger partial charge in [-0.1, -0.05) is 25.5 Å². The Morgan fingerprint density at radius 1 is 1.25 bits per heavy atom. The summed E-state index contributed by atoms with van der Waals surface area (Å²) in [7, 11) is 0. The van der Waals surface area contributed by atoms with Crippen LogP contribution in [-0.4, -0.2) is 4.98 Å². The third-order valence-corrected chi connectivity index (χ3v) is 3.66. The molecule has 1 aromatic rings. The van der Waals surface area contributed by atoms with E-state index in [0.29, 0.717) is 0 Å². The highest BCUT2D eigenvalue weighted by molar-refractivity contribution is 5.48. The molecule has 1 aliphatic rings. The SMILES string of the molecule is CC(C)C1CCC(=Cc2ccccn2)CC1. The van der Waals surface area contributed by atoms with Crippen molar-refractivity contribution in [1.29, 1.82) is 0 Å². The molecule has 1 saturated carbocycles. The van der Waals surface area contributed by atoms with E-state index in [0.717, 1.165) is 17.5 Å². The molecule has 0 unspecified atom stereocenters. The molecule has 0 spiro atoms. The zero-order chi connectivity index (χ0) is 11.4. The van der Waals surface area contributed by atoms with Gasteiger partial charge in [0.25, 0.3) is 0 Å². The summed E-state index contributed by atoms with van der Waals surface area (Å²) < 4.78 is 0. The first kappa shape index (κ1) is 11.4. The summed E-state index contributed by atoms with van der Waals surface area (Å²) in [6.45, 7) is 4.69. The minimum absolute atomic E-state index is 0.844. The molecular weight excluding hydrogens is 194 g/mol. The van der Waals surface area contributed by atoms with Gasteiger partial charge in [-0.25, -0.2) is 0 Å². The van der Waals surface area contributed by atoms with Gasteiger partial charge in [0.1, 0.15) is 0 Å². The van der Waals surface area contributed by atoms with Crippen molar-refractivity contribution in [3.63, 3.8) is 0 Å². The molecular formula is C15H21N. The Labute approximate surface area is 98.6 Å². The Morgan fingerprint density at radius 3 is 2.56 bits per heavy atom. The zero-order valence-corrected chi connectivity index (χ0v) is 10.3. The highest BCUT2D eigenvalue weighted by Gasteiger charge is 2.19. The first-order valence-electron chi connectivity index (χ1n) is 6.36. The summed E-state index contributed by atoms with van der Waals surface area (Å²) >= 11 is 0. The first-order valence-corrected chi connectivity index (χ1v) is 6.36. The molecule has 0 radical (unpaired) electrons. The maximum Gasteiger partial charge on any atom is 0.0629 e. The van der Waals surface area contributed by atoms with Crippen LogP contribution in [0, 0.1) is 11.8 Å². The van der Waals surface area contributed by atoms with Crippen molar-refractivity contribution in [2.24, 2.45) is 11.8 Å². The summed E-state index contributed by atoms with van der Waals surface area (Å²) in [4.78, 5) is 4.35. The normalized spacial score (nSPS) is 21.2. The summed E-state index contributed by atoms with van der Waals surface area (Å²) in [6.07, 6.45) is 9.38. The molecule has 1 aliphatic carbocycles. The molecule has 1 nitrogen and oxygen atoms in total. The van der Waals surface area contributed by atoms with E-state index in [1.807, 2.05) is 12.3 Å². The van der Waals surface area contributed by atoms with Crippen molar-refractivity contribution in [1.82, 2.24) is 4.98 Å². The van der Waals surface area contributed by atoms with Crippen molar-refractivity contribution in [3.05, 3.63) is 35.7 Å². The van der Waals surface area contributed by atoms with Crippen LogP contribution in [0.25, 0.3) is 6.08 Å². The van der Waals surface area contributed by atoms with Crippen LogP contribution in [0.4, 0.5) is 0 Å². The van der Waals surface area contributed by atoms with Crippen LogP contribution < -0.4 is 0 Å². The van der Waals surface area contributed by atoms with E-state index in [-0.39, 0.29) is 0 Å². The van der Waals surface area contributed by atoms with E-state index < -0.39 is 0 Å². The highest BCUT2D eigenvalue weighted by atomic mass is 14.6. The van der Waals surface area contributed by atoms with E-state index in [1.165, 1.54) is 25.7 Å². The topological polar surface area (TPSA) is 12.9 Å². The molecule has 1 heterocycles. The largest absolute Gasteiger partial charge is 0.257 e. The maximum atomic E-state index is 4.35. The number of allylic oxidation sites excluding steroid dienone is 1. The smallest absolute Gasteiger partial charge is 0.0629 e. The lowest BCUT2D eigenvalue weighted by molar-refractivity contribution is 0.312. The molecule has 0 saturated heterocycles. The van der Waals surface area contributed by atoms with E-state index in [2.05, 4.69) is 37.0 Å². The average molecular weight is 215 g/mol. The molecule has 1 heteroatoms. The quantitative estimate of drug-likeness (QED) is 0.716. The third kappa shape index (κ3) is 2.94. The van der Waals surface area contributed by atoms with Crippen LogP contribution in [0.15, 0.2) is 30.0 Å². The van der Waals surface area contributed by atoms with Crippen molar-refractivity contribution in [2.75, 3.05) is 0 Å². The van der Waals surface area contributed by atoms with E-state index in [1.54, 1.807) is 5.57 Å². The lowest BCUT2D eigenvalue weighted by Gasteiger charge is -2.26. The van der Waals surface area contributed by atoms with Crippen LogP contribution in [0.2, 0.25) is 0 Å². The number of rotatable bonds is 2. The molecule has 0 aliphatic heterocycles.